The lowest BCUT2D eigenvalue weighted by Gasteiger charge is -2.36. The fourth-order valence-electron chi connectivity index (χ4n) is 6.26. The largest absolute Gasteiger partial charge is 0.467 e. The summed E-state index contributed by atoms with van der Waals surface area (Å²) in [5.74, 6) is -2.70. The van der Waals surface area contributed by atoms with Gasteiger partial charge in [-0.15, -0.1) is 0 Å². The number of halogens is 3. The van der Waals surface area contributed by atoms with Gasteiger partial charge in [0.25, 0.3) is 0 Å². The predicted molar refractivity (Wildman–Crippen MR) is 129 cm³/mol. The molecular weight excluding hydrogens is 483 g/mol. The Labute approximate surface area is 210 Å². The van der Waals surface area contributed by atoms with Crippen molar-refractivity contribution < 1.29 is 32.3 Å². The second kappa shape index (κ2) is 7.90. The van der Waals surface area contributed by atoms with Gasteiger partial charge in [-0.3, -0.25) is 9.59 Å². The molecule has 3 aliphatic rings. The van der Waals surface area contributed by atoms with Crippen LogP contribution in [0.4, 0.5) is 18.9 Å². The van der Waals surface area contributed by atoms with Gasteiger partial charge in [-0.2, -0.15) is 13.2 Å². The van der Waals surface area contributed by atoms with Gasteiger partial charge in [0, 0.05) is 22.7 Å². The number of ether oxygens (including phenoxy) is 1. The molecule has 186 valence electrons. The van der Waals surface area contributed by atoms with Gasteiger partial charge in [0.1, 0.15) is 11.5 Å². The highest BCUT2D eigenvalue weighted by Crippen LogP contribution is 2.60. The van der Waals surface area contributed by atoms with E-state index in [0.29, 0.717) is 5.69 Å². The lowest BCUT2D eigenvalue weighted by molar-refractivity contribution is -0.142. The third-order valence-electron chi connectivity index (χ3n) is 7.75. The van der Waals surface area contributed by atoms with Gasteiger partial charge < -0.3 is 9.64 Å². The average Bonchev–Trinajstić information content (AvgIpc) is 3.34. The number of Topliss-reactive ketones (excluding diaryl/α,β-unsaturated/α-hetero) is 2. The van der Waals surface area contributed by atoms with E-state index in [-0.39, 0.29) is 16.7 Å². The number of hydrogen-bond acceptors (Lipinski definition) is 5. The minimum atomic E-state index is -4.57. The third kappa shape index (κ3) is 3.01. The Hall–Kier alpha value is -4.20. The van der Waals surface area contributed by atoms with Crippen LogP contribution in [-0.4, -0.2) is 36.7 Å². The molecule has 3 atom stereocenters. The Kier molecular flexibility index (Phi) is 4.96. The van der Waals surface area contributed by atoms with Gasteiger partial charge in [0.2, 0.25) is 0 Å². The SMILES string of the molecule is COC(=O)C1C(c2ccc(C(F)(F)F)cc2)C2(C(=O)c3ccccc3C2=O)C2C=Cc3ccccc3N12. The predicted octanol–water partition coefficient (Wildman–Crippen LogP) is 5.31. The molecule has 1 aliphatic carbocycles. The van der Waals surface area contributed by atoms with E-state index in [9.17, 15) is 27.6 Å². The zero-order chi connectivity index (χ0) is 26.1. The summed E-state index contributed by atoms with van der Waals surface area (Å²) in [5, 5.41) is 0. The zero-order valence-corrected chi connectivity index (χ0v) is 19.5. The highest BCUT2D eigenvalue weighted by molar-refractivity contribution is 6.32. The first-order chi connectivity index (χ1) is 17.7. The number of anilines is 1. The quantitative estimate of drug-likeness (QED) is 0.350. The number of fused-ring (bicyclic) bond motifs is 5. The molecule has 1 fully saturated rings. The van der Waals surface area contributed by atoms with Crippen LogP contribution in [0.3, 0.4) is 0 Å². The third-order valence-corrected chi connectivity index (χ3v) is 7.75. The molecular formula is C29H20F3NO4. The van der Waals surface area contributed by atoms with Crippen molar-refractivity contribution in [1.82, 2.24) is 0 Å². The molecule has 0 amide bonds. The monoisotopic (exact) mass is 503 g/mol. The van der Waals surface area contributed by atoms with Crippen LogP contribution < -0.4 is 4.90 Å². The Balaban J connectivity index is 1.65. The summed E-state index contributed by atoms with van der Waals surface area (Å²) in [7, 11) is 1.21. The fourth-order valence-corrected chi connectivity index (χ4v) is 6.26. The van der Waals surface area contributed by atoms with Crippen LogP contribution in [0.15, 0.2) is 78.9 Å². The number of rotatable bonds is 2. The van der Waals surface area contributed by atoms with Crippen molar-refractivity contribution in [3.63, 3.8) is 0 Å². The molecule has 2 aliphatic heterocycles. The van der Waals surface area contributed by atoms with Gasteiger partial charge in [-0.1, -0.05) is 66.7 Å². The van der Waals surface area contributed by atoms with Crippen molar-refractivity contribution in [2.45, 2.75) is 24.2 Å². The maximum absolute atomic E-state index is 14.3. The number of alkyl halides is 3. The van der Waals surface area contributed by atoms with E-state index in [0.717, 1.165) is 17.7 Å². The molecule has 1 spiro atoms. The van der Waals surface area contributed by atoms with Crippen LogP contribution in [0.25, 0.3) is 6.08 Å². The first-order valence-electron chi connectivity index (χ1n) is 11.7. The van der Waals surface area contributed by atoms with Crippen molar-refractivity contribution in [3.05, 3.63) is 107 Å². The molecule has 0 saturated carbocycles. The van der Waals surface area contributed by atoms with Crippen LogP contribution in [0, 0.1) is 5.41 Å². The summed E-state index contributed by atoms with van der Waals surface area (Å²) in [6, 6.07) is 16.1. The molecule has 6 rings (SSSR count). The lowest BCUT2D eigenvalue weighted by atomic mass is 9.64. The molecule has 37 heavy (non-hydrogen) atoms. The first kappa shape index (κ1) is 23.2. The number of benzene rings is 3. The van der Waals surface area contributed by atoms with E-state index in [4.69, 9.17) is 4.74 Å². The van der Waals surface area contributed by atoms with E-state index < -0.39 is 52.7 Å². The maximum atomic E-state index is 14.3. The summed E-state index contributed by atoms with van der Waals surface area (Å²) >= 11 is 0. The molecule has 3 unspecified atom stereocenters. The molecule has 8 heteroatoms. The van der Waals surface area contributed by atoms with E-state index in [1.807, 2.05) is 18.2 Å². The van der Waals surface area contributed by atoms with Crippen LogP contribution in [-0.2, 0) is 15.7 Å². The Bertz CT molecular complexity index is 1460. The van der Waals surface area contributed by atoms with Gasteiger partial charge in [0.05, 0.1) is 18.7 Å². The summed E-state index contributed by atoms with van der Waals surface area (Å²) in [4.78, 5) is 43.7. The number of methoxy groups -OCH3 is 1. The van der Waals surface area contributed by atoms with Crippen molar-refractivity contribution in [2.24, 2.45) is 5.41 Å². The molecule has 3 aromatic rings. The van der Waals surface area contributed by atoms with Crippen LogP contribution in [0.1, 0.15) is 43.3 Å². The number of hydrogen-bond donors (Lipinski definition) is 0. The fraction of sp³-hybridized carbons (Fsp3) is 0.207. The van der Waals surface area contributed by atoms with Crippen molar-refractivity contribution in [2.75, 3.05) is 12.0 Å². The lowest BCUT2D eigenvalue weighted by Crippen LogP contribution is -2.48. The zero-order valence-electron chi connectivity index (χ0n) is 19.5. The van der Waals surface area contributed by atoms with E-state index in [2.05, 4.69) is 0 Å². The van der Waals surface area contributed by atoms with Gasteiger partial charge in [0.15, 0.2) is 11.6 Å². The van der Waals surface area contributed by atoms with Crippen LogP contribution >= 0.6 is 0 Å². The maximum Gasteiger partial charge on any atom is 0.416 e. The molecule has 5 nitrogen and oxygen atoms in total. The van der Waals surface area contributed by atoms with Crippen molar-refractivity contribution in [3.8, 4) is 0 Å². The van der Waals surface area contributed by atoms with Crippen molar-refractivity contribution in [1.29, 1.82) is 0 Å². The highest BCUT2D eigenvalue weighted by atomic mass is 19.4. The second-order valence-corrected chi connectivity index (χ2v) is 9.41. The summed E-state index contributed by atoms with van der Waals surface area (Å²) in [6.45, 7) is 0. The van der Waals surface area contributed by atoms with E-state index in [1.165, 1.54) is 19.2 Å². The standard InChI is InChI=1S/C29H20F3NO4/c1-37-27(36)24-23(17-10-13-18(14-11-17)29(30,31)32)28(25(34)19-7-3-4-8-20(19)26(28)35)22-15-12-16-6-2-5-9-21(16)33(22)24/h2-15,22-24H,1H3. The summed E-state index contributed by atoms with van der Waals surface area (Å²) < 4.78 is 45.3. The van der Waals surface area contributed by atoms with Gasteiger partial charge >= 0.3 is 12.1 Å². The molecule has 3 aromatic carbocycles. The normalized spacial score (nSPS) is 23.1. The molecule has 2 heterocycles. The van der Waals surface area contributed by atoms with Crippen LogP contribution in [0.5, 0.6) is 0 Å². The number of ketones is 2. The second-order valence-electron chi connectivity index (χ2n) is 9.41. The number of nitrogens with zero attached hydrogens (tertiary/aromatic N) is 1. The number of para-hydroxylation sites is 1. The number of carbonyl (C=O) groups excluding carboxylic acids is 3. The first-order valence-corrected chi connectivity index (χ1v) is 11.7. The van der Waals surface area contributed by atoms with Crippen molar-refractivity contribution >= 4 is 29.3 Å². The topological polar surface area (TPSA) is 63.7 Å². The highest BCUT2D eigenvalue weighted by Gasteiger charge is 2.72. The molecule has 0 radical (unpaired) electrons. The van der Waals surface area contributed by atoms with E-state index in [1.54, 1.807) is 47.4 Å². The van der Waals surface area contributed by atoms with Crippen LogP contribution in [0.2, 0.25) is 0 Å². The number of carbonyl (C=O) groups is 3. The molecule has 1 saturated heterocycles. The van der Waals surface area contributed by atoms with E-state index >= 15 is 0 Å². The Morgan fingerprint density at radius 1 is 0.892 bits per heavy atom. The van der Waals surface area contributed by atoms with Gasteiger partial charge in [-0.25, -0.2) is 4.79 Å². The Morgan fingerprint density at radius 3 is 2.08 bits per heavy atom. The molecule has 0 bridgehead atoms. The van der Waals surface area contributed by atoms with Gasteiger partial charge in [-0.05, 0) is 29.3 Å². The minimum Gasteiger partial charge on any atom is -0.467 e. The average molecular weight is 503 g/mol. The molecule has 0 N–H and O–H groups in total. The summed E-state index contributed by atoms with van der Waals surface area (Å²) in [5.41, 5.74) is -0.468. The number of esters is 1. The summed E-state index contributed by atoms with van der Waals surface area (Å²) in [6.07, 6.45) is -1.02. The Morgan fingerprint density at radius 2 is 1.49 bits per heavy atom. The minimum absolute atomic E-state index is 0.238. The molecule has 0 aromatic heterocycles. The smallest absolute Gasteiger partial charge is 0.416 e.